The molecule has 382 valence electrons. The minimum atomic E-state index is -1.18. The van der Waals surface area contributed by atoms with Crippen LogP contribution in [-0.4, -0.2) is 137 Å². The molecule has 0 aromatic carbocycles. The zero-order chi connectivity index (χ0) is 49.8. The van der Waals surface area contributed by atoms with Gasteiger partial charge in [0.1, 0.15) is 38.6 Å². The molecule has 2 saturated carbocycles. The average Bonchev–Trinajstić information content (AvgIpc) is 3.94. The first-order chi connectivity index (χ1) is 31.9. The predicted octanol–water partition coefficient (Wildman–Crippen LogP) is 10.9. The predicted molar refractivity (Wildman–Crippen MR) is 290 cm³/mol. The second-order valence-electron chi connectivity index (χ2n) is 24.4. The quantitative estimate of drug-likeness (QED) is 0.0282. The van der Waals surface area contributed by atoms with Crippen LogP contribution in [0.1, 0.15) is 74.6 Å². The normalized spacial score (nSPS) is 18.9. The van der Waals surface area contributed by atoms with Crippen molar-refractivity contribution in [2.45, 2.75) is 172 Å². The Hall–Kier alpha value is -2.79. The van der Waals surface area contributed by atoms with Gasteiger partial charge in [0.25, 0.3) is 0 Å². The summed E-state index contributed by atoms with van der Waals surface area (Å²) in [4.78, 5) is 14.1. The van der Waals surface area contributed by atoms with E-state index in [1.807, 2.05) is 27.4 Å². The van der Waals surface area contributed by atoms with E-state index in [1.165, 1.54) is 5.57 Å². The van der Waals surface area contributed by atoms with Crippen LogP contribution in [0.4, 0.5) is 11.6 Å². The minimum Gasteiger partial charge on any atom is -0.393 e. The molecular formula is C50H90N8O6Si4. The molecular weight excluding hydrogens is 921 g/mol. The van der Waals surface area contributed by atoms with Crippen molar-refractivity contribution in [3.05, 3.63) is 60.2 Å². The summed E-state index contributed by atoms with van der Waals surface area (Å²) >= 11 is 0. The highest BCUT2D eigenvalue weighted by Crippen LogP contribution is 2.39. The Morgan fingerprint density at radius 1 is 0.588 bits per heavy atom. The molecule has 14 nitrogen and oxygen atoms in total. The summed E-state index contributed by atoms with van der Waals surface area (Å²) < 4.78 is 28.4. The van der Waals surface area contributed by atoms with Crippen molar-refractivity contribution in [2.75, 3.05) is 69.8 Å². The van der Waals surface area contributed by atoms with Crippen molar-refractivity contribution in [1.29, 1.82) is 0 Å². The van der Waals surface area contributed by atoms with Crippen LogP contribution in [0.25, 0.3) is 11.3 Å². The first kappa shape index (κ1) is 56.1. The van der Waals surface area contributed by atoms with E-state index in [4.69, 9.17) is 28.9 Å². The zero-order valence-corrected chi connectivity index (χ0v) is 48.3. The molecule has 0 radical (unpaired) electrons. The fourth-order valence-electron chi connectivity index (χ4n) is 8.18. The van der Waals surface area contributed by atoms with Crippen LogP contribution < -0.4 is 9.80 Å². The first-order valence-corrected chi connectivity index (χ1v) is 40.2. The summed E-state index contributed by atoms with van der Waals surface area (Å²) in [5.74, 6) is 2.63. The van der Waals surface area contributed by atoms with E-state index in [-0.39, 0.29) is 12.5 Å². The molecule has 0 bridgehead atoms. The van der Waals surface area contributed by atoms with Gasteiger partial charge in [0.15, 0.2) is 11.3 Å². The first-order valence-electron chi connectivity index (χ1n) is 25.4. The number of aromatic nitrogens is 6. The Morgan fingerprint density at radius 2 is 0.926 bits per heavy atom. The van der Waals surface area contributed by atoms with Gasteiger partial charge in [0, 0.05) is 106 Å². The molecule has 68 heavy (non-hydrogen) atoms. The maximum atomic E-state index is 10.5. The van der Waals surface area contributed by atoms with Crippen LogP contribution in [-0.2, 0) is 18.9 Å². The maximum absolute atomic E-state index is 10.5. The third-order valence-corrected chi connectivity index (χ3v) is 19.9. The summed E-state index contributed by atoms with van der Waals surface area (Å²) in [6, 6.07) is 12.8. The van der Waals surface area contributed by atoms with Gasteiger partial charge in [-0.1, -0.05) is 90.7 Å². The Morgan fingerprint density at radius 3 is 1.25 bits per heavy atom. The highest BCUT2D eigenvalue weighted by atomic mass is 28.3. The molecule has 0 amide bonds. The highest BCUT2D eigenvalue weighted by Gasteiger charge is 2.34. The van der Waals surface area contributed by atoms with Crippen LogP contribution in [0.15, 0.2) is 48.8 Å². The maximum Gasteiger partial charge on any atom is 0.157 e. The van der Waals surface area contributed by atoms with E-state index >= 15 is 0 Å². The summed E-state index contributed by atoms with van der Waals surface area (Å²) in [5, 5.41) is 29.1. The lowest BCUT2D eigenvalue weighted by Gasteiger charge is -2.34. The number of aliphatic hydroxyl groups excluding tert-OH is 1. The fraction of sp³-hybridized carbons (Fsp3) is 0.720. The Kier molecular flexibility index (Phi) is 20.7. The molecule has 0 aliphatic heterocycles. The molecule has 2 fully saturated rings. The van der Waals surface area contributed by atoms with Gasteiger partial charge in [-0.2, -0.15) is 19.2 Å². The lowest BCUT2D eigenvalue weighted by atomic mass is 9.78. The number of ether oxygens (including phenoxy) is 4. The molecule has 4 heterocycles. The van der Waals surface area contributed by atoms with Gasteiger partial charge in [-0.05, 0) is 75.5 Å². The number of nitrogens with zero attached hydrogens (tertiary/aromatic N) is 8. The lowest BCUT2D eigenvalue weighted by Crippen LogP contribution is -2.37. The fourth-order valence-corrected chi connectivity index (χ4v) is 11.2. The van der Waals surface area contributed by atoms with Gasteiger partial charge in [0.05, 0.1) is 24.6 Å². The van der Waals surface area contributed by atoms with Crippen molar-refractivity contribution < 1.29 is 29.2 Å². The number of hydrogen-bond donors (Lipinski definition) is 2. The zero-order valence-electron chi connectivity index (χ0n) is 44.3. The molecule has 0 unspecified atom stereocenters. The van der Waals surface area contributed by atoms with Crippen LogP contribution in [0.5, 0.6) is 0 Å². The molecule has 0 saturated heterocycles. The number of aliphatic hydroxyl groups is 2. The van der Waals surface area contributed by atoms with Gasteiger partial charge >= 0.3 is 0 Å². The van der Waals surface area contributed by atoms with Gasteiger partial charge in [-0.15, -0.1) is 0 Å². The van der Waals surface area contributed by atoms with E-state index < -0.39 is 37.9 Å². The number of allylic oxidation sites excluding steroid dienone is 1. The number of rotatable bonds is 25. The molecule has 6 rings (SSSR count). The third kappa shape index (κ3) is 18.8. The number of anilines is 2. The molecule has 18 heteroatoms. The van der Waals surface area contributed by atoms with E-state index in [9.17, 15) is 10.2 Å². The smallest absolute Gasteiger partial charge is 0.157 e. The van der Waals surface area contributed by atoms with Crippen molar-refractivity contribution in [1.82, 2.24) is 29.2 Å². The van der Waals surface area contributed by atoms with E-state index in [1.54, 1.807) is 6.20 Å². The van der Waals surface area contributed by atoms with Crippen molar-refractivity contribution in [3.63, 3.8) is 0 Å². The van der Waals surface area contributed by atoms with Gasteiger partial charge in [0.2, 0.25) is 0 Å². The lowest BCUT2D eigenvalue weighted by molar-refractivity contribution is -0.0458. The van der Waals surface area contributed by atoms with Gasteiger partial charge in [-0.25, -0.2) is 9.97 Å². The van der Waals surface area contributed by atoms with Crippen LogP contribution in [0, 0.1) is 0 Å². The number of fused-ring (bicyclic) bond motifs is 2. The molecule has 2 aliphatic rings. The van der Waals surface area contributed by atoms with E-state index in [2.05, 4.69) is 117 Å². The summed E-state index contributed by atoms with van der Waals surface area (Å²) in [5.41, 5.74) is 4.25. The second kappa shape index (κ2) is 25.0. The van der Waals surface area contributed by atoms with Gasteiger partial charge in [-0.3, -0.25) is 0 Å². The topological polar surface area (TPSA) is 144 Å². The van der Waals surface area contributed by atoms with Crippen LogP contribution in [0.3, 0.4) is 0 Å². The van der Waals surface area contributed by atoms with E-state index in [0.29, 0.717) is 45.7 Å². The summed E-state index contributed by atoms with van der Waals surface area (Å²) in [7, 11) is -4.62. The summed E-state index contributed by atoms with van der Waals surface area (Å²) in [6.45, 7) is 37.4. The standard InChI is InChI=1S/C25H46N4O4Si2.C25H44N4O2Si2/c1-34(2,3)15-13-32-19-28(20-33-14-16-35(4,5)6)24-17-22(27-23-9-12-26-29(23)24)21-7-10-25(31,18-30)11-8-21;1-21-8-10-22(11-9-21)23-18-25(29-24(27-23)12-13-26-29)28(19-30-14-16-32(2,3)4)20-31-15-17-33(5,6)7/h9,12,17,21,30-31H,7-8,10-11,13-16,18-20H2,1-6H3;12-13,18,22H,1,8-11,14-17,19-20H2,2-7H3. The van der Waals surface area contributed by atoms with Crippen LogP contribution >= 0.6 is 0 Å². The molecule has 0 spiro atoms. The highest BCUT2D eigenvalue weighted by molar-refractivity contribution is 6.77. The summed E-state index contributed by atoms with van der Waals surface area (Å²) in [6.07, 6.45) is 10.8. The van der Waals surface area contributed by atoms with Gasteiger partial charge < -0.3 is 39.0 Å². The van der Waals surface area contributed by atoms with Crippen molar-refractivity contribution >= 4 is 55.2 Å². The molecule has 4 aromatic rings. The SMILES string of the molecule is C=C1CCC(c2cc(N(COCC[Si](C)(C)C)COCC[Si](C)(C)C)n3nccc3n2)CC1.C[Si](C)(C)CCOCN(COCC[Si](C)(C)C)c1cc(C2CCC(O)(CO)CC2)nc2ccnn12. The average molecular weight is 1010 g/mol. The molecule has 4 aromatic heterocycles. The Labute approximate surface area is 413 Å². The molecule has 0 atom stereocenters. The minimum absolute atomic E-state index is 0.183. The monoisotopic (exact) mass is 1010 g/mol. The Bertz CT molecular complexity index is 2100. The van der Waals surface area contributed by atoms with E-state index in [0.717, 1.165) is 123 Å². The molecule has 2 aliphatic carbocycles. The van der Waals surface area contributed by atoms with Crippen molar-refractivity contribution in [3.8, 4) is 0 Å². The second-order valence-corrected chi connectivity index (χ2v) is 46.9. The van der Waals surface area contributed by atoms with Crippen molar-refractivity contribution in [2.24, 2.45) is 0 Å². The third-order valence-electron chi connectivity index (χ3n) is 13.1. The van der Waals surface area contributed by atoms with Crippen LogP contribution in [0.2, 0.25) is 103 Å². The largest absolute Gasteiger partial charge is 0.393 e. The molecule has 2 N–H and O–H groups in total. The number of hydrogen-bond acceptors (Lipinski definition) is 12. The Balaban J connectivity index is 0.000000255.